The van der Waals surface area contributed by atoms with Crippen LogP contribution in [0.4, 0.5) is 0 Å². The Hall–Kier alpha value is -1.39. The first-order valence-corrected chi connectivity index (χ1v) is 6.64. The predicted octanol–water partition coefficient (Wildman–Crippen LogP) is 2.83. The van der Waals surface area contributed by atoms with Gasteiger partial charge in [-0.05, 0) is 18.4 Å². The minimum absolute atomic E-state index is 0.391. The Kier molecular flexibility index (Phi) is 4.22. The molecule has 0 amide bonds. The van der Waals surface area contributed by atoms with Gasteiger partial charge in [-0.25, -0.2) is 4.79 Å². The summed E-state index contributed by atoms with van der Waals surface area (Å²) in [6, 6.07) is 9.64. The van der Waals surface area contributed by atoms with Crippen molar-refractivity contribution in [2.24, 2.45) is 0 Å². The number of carbonyl (C=O) groups excluding carboxylic acids is 1. The molecule has 1 aliphatic heterocycles. The van der Waals surface area contributed by atoms with E-state index in [1.807, 2.05) is 44.2 Å². The fourth-order valence-electron chi connectivity index (χ4n) is 2.37. The van der Waals surface area contributed by atoms with Gasteiger partial charge in [0, 0.05) is 0 Å². The Bertz CT molecular complexity index is 425. The Morgan fingerprint density at radius 1 is 1.21 bits per heavy atom. The van der Waals surface area contributed by atoms with Crippen LogP contribution in [0.1, 0.15) is 38.4 Å². The zero-order valence-electron chi connectivity index (χ0n) is 11.6. The molecule has 1 fully saturated rings. The second kappa shape index (κ2) is 5.72. The summed E-state index contributed by atoms with van der Waals surface area (Å²) in [5.41, 5.74) is 0.932. The number of ether oxygens (including phenoxy) is 3. The largest absolute Gasteiger partial charge is 0.467 e. The fraction of sp³-hybridized carbons (Fsp3) is 0.533. The van der Waals surface area contributed by atoms with E-state index in [4.69, 9.17) is 14.2 Å². The second-order valence-electron chi connectivity index (χ2n) is 4.63. The molecule has 1 aromatic carbocycles. The second-order valence-corrected chi connectivity index (χ2v) is 4.63. The highest BCUT2D eigenvalue weighted by Crippen LogP contribution is 2.42. The monoisotopic (exact) mass is 264 g/mol. The summed E-state index contributed by atoms with van der Waals surface area (Å²) in [6.45, 7) is 3.98. The normalized spacial score (nSPS) is 25.2. The molecule has 2 rings (SSSR count). The summed E-state index contributed by atoms with van der Waals surface area (Å²) >= 11 is 0. The van der Waals surface area contributed by atoms with E-state index >= 15 is 0 Å². The third-order valence-electron chi connectivity index (χ3n) is 3.60. The van der Waals surface area contributed by atoms with Gasteiger partial charge in [0.15, 0.2) is 11.9 Å². The van der Waals surface area contributed by atoms with Crippen LogP contribution in [0.5, 0.6) is 0 Å². The number of rotatable bonds is 4. The van der Waals surface area contributed by atoms with Crippen LogP contribution >= 0.6 is 0 Å². The van der Waals surface area contributed by atoms with Crippen molar-refractivity contribution in [1.29, 1.82) is 0 Å². The molecular formula is C15H20O4. The minimum Gasteiger partial charge on any atom is -0.467 e. The highest BCUT2D eigenvalue weighted by atomic mass is 16.8. The number of benzene rings is 1. The van der Waals surface area contributed by atoms with Crippen LogP contribution in [-0.4, -0.2) is 25.0 Å². The summed E-state index contributed by atoms with van der Waals surface area (Å²) in [5.74, 6) is -1.09. The Balaban J connectivity index is 2.31. The maximum atomic E-state index is 11.9. The van der Waals surface area contributed by atoms with E-state index in [1.54, 1.807) is 0 Å². The summed E-state index contributed by atoms with van der Waals surface area (Å²) < 4.78 is 16.7. The molecule has 0 spiro atoms. The van der Waals surface area contributed by atoms with E-state index in [9.17, 15) is 4.79 Å². The van der Waals surface area contributed by atoms with Gasteiger partial charge < -0.3 is 14.2 Å². The molecule has 0 aliphatic carbocycles. The van der Waals surface area contributed by atoms with Crippen LogP contribution in [0.25, 0.3) is 0 Å². The van der Waals surface area contributed by atoms with Crippen molar-refractivity contribution in [2.75, 3.05) is 7.11 Å². The van der Waals surface area contributed by atoms with Gasteiger partial charge in [0.05, 0.1) is 7.11 Å². The third kappa shape index (κ3) is 2.65. The summed E-state index contributed by atoms with van der Waals surface area (Å²) in [4.78, 5) is 11.9. The highest BCUT2D eigenvalue weighted by Gasteiger charge is 2.49. The SMILES string of the molecule is CCC1(CC)OC(C(=O)OC)[C@@H](c2ccccc2)O1. The smallest absolute Gasteiger partial charge is 0.338 e. The lowest BCUT2D eigenvalue weighted by atomic mass is 10.0. The lowest BCUT2D eigenvalue weighted by molar-refractivity contribution is -0.187. The van der Waals surface area contributed by atoms with Crippen molar-refractivity contribution in [1.82, 2.24) is 0 Å². The first kappa shape index (κ1) is 14.0. The molecule has 2 atom stereocenters. The molecule has 0 radical (unpaired) electrons. The quantitative estimate of drug-likeness (QED) is 0.784. The van der Waals surface area contributed by atoms with Crippen molar-refractivity contribution < 1.29 is 19.0 Å². The third-order valence-corrected chi connectivity index (χ3v) is 3.60. The van der Waals surface area contributed by atoms with Crippen LogP contribution in [0, 0.1) is 0 Å². The Morgan fingerprint density at radius 3 is 2.37 bits per heavy atom. The molecule has 1 saturated heterocycles. The average molecular weight is 264 g/mol. The predicted molar refractivity (Wildman–Crippen MR) is 70.5 cm³/mol. The highest BCUT2D eigenvalue weighted by molar-refractivity contribution is 5.76. The maximum absolute atomic E-state index is 11.9. The molecule has 0 N–H and O–H groups in total. The molecule has 0 saturated carbocycles. The van der Waals surface area contributed by atoms with E-state index in [0.717, 1.165) is 5.56 Å². The summed E-state index contributed by atoms with van der Waals surface area (Å²) in [7, 11) is 1.37. The molecular weight excluding hydrogens is 244 g/mol. The molecule has 104 valence electrons. The zero-order valence-corrected chi connectivity index (χ0v) is 11.6. The van der Waals surface area contributed by atoms with Gasteiger partial charge in [-0.1, -0.05) is 44.2 Å². The molecule has 1 heterocycles. The van der Waals surface area contributed by atoms with E-state index in [1.165, 1.54) is 7.11 Å². The number of hydrogen-bond donors (Lipinski definition) is 0. The Morgan fingerprint density at radius 2 is 1.84 bits per heavy atom. The topological polar surface area (TPSA) is 44.8 Å². The van der Waals surface area contributed by atoms with E-state index in [0.29, 0.717) is 12.8 Å². The molecule has 0 bridgehead atoms. The van der Waals surface area contributed by atoms with Gasteiger partial charge in [0.25, 0.3) is 0 Å². The average Bonchev–Trinajstić information content (AvgIpc) is 2.88. The van der Waals surface area contributed by atoms with Crippen molar-refractivity contribution in [3.05, 3.63) is 35.9 Å². The van der Waals surface area contributed by atoms with E-state index in [2.05, 4.69) is 0 Å². The van der Waals surface area contributed by atoms with E-state index < -0.39 is 24.0 Å². The Labute approximate surface area is 113 Å². The van der Waals surface area contributed by atoms with Crippen LogP contribution in [0.3, 0.4) is 0 Å². The molecule has 1 aromatic rings. The number of esters is 1. The van der Waals surface area contributed by atoms with Gasteiger partial charge in [0.1, 0.15) is 6.10 Å². The zero-order chi connectivity index (χ0) is 13.9. The molecule has 19 heavy (non-hydrogen) atoms. The first-order valence-electron chi connectivity index (χ1n) is 6.64. The van der Waals surface area contributed by atoms with Crippen LogP contribution < -0.4 is 0 Å². The first-order chi connectivity index (χ1) is 9.15. The minimum atomic E-state index is -0.702. The number of carbonyl (C=O) groups is 1. The molecule has 4 nitrogen and oxygen atoms in total. The fourth-order valence-corrected chi connectivity index (χ4v) is 2.37. The summed E-state index contributed by atoms with van der Waals surface area (Å²) in [6.07, 6.45) is 0.279. The molecule has 0 aromatic heterocycles. The van der Waals surface area contributed by atoms with Crippen molar-refractivity contribution in [3.63, 3.8) is 0 Å². The maximum Gasteiger partial charge on any atom is 0.338 e. The van der Waals surface area contributed by atoms with Crippen molar-refractivity contribution in [3.8, 4) is 0 Å². The number of hydrogen-bond acceptors (Lipinski definition) is 4. The molecule has 1 unspecified atom stereocenters. The van der Waals surface area contributed by atoms with Crippen LogP contribution in [0.15, 0.2) is 30.3 Å². The standard InChI is InChI=1S/C15H20O4/c1-4-15(5-2)18-12(11-9-7-6-8-10-11)13(19-15)14(16)17-3/h6-10,12-13H,4-5H2,1-3H3/t12-,13?/m1/s1. The molecule has 4 heteroatoms. The van der Waals surface area contributed by atoms with Gasteiger partial charge in [0.2, 0.25) is 0 Å². The van der Waals surface area contributed by atoms with E-state index in [-0.39, 0.29) is 0 Å². The van der Waals surface area contributed by atoms with Crippen molar-refractivity contribution in [2.45, 2.75) is 44.7 Å². The number of methoxy groups -OCH3 is 1. The van der Waals surface area contributed by atoms with Gasteiger partial charge >= 0.3 is 5.97 Å². The molecule has 1 aliphatic rings. The lowest BCUT2D eigenvalue weighted by Gasteiger charge is -2.24. The van der Waals surface area contributed by atoms with Crippen LogP contribution in [0.2, 0.25) is 0 Å². The van der Waals surface area contributed by atoms with Crippen molar-refractivity contribution >= 4 is 5.97 Å². The lowest BCUT2D eigenvalue weighted by Crippen LogP contribution is -2.31. The van der Waals surface area contributed by atoms with Gasteiger partial charge in [-0.15, -0.1) is 0 Å². The van der Waals surface area contributed by atoms with Crippen LogP contribution in [-0.2, 0) is 19.0 Å². The van der Waals surface area contributed by atoms with Gasteiger partial charge in [-0.3, -0.25) is 0 Å². The van der Waals surface area contributed by atoms with Gasteiger partial charge in [-0.2, -0.15) is 0 Å². The summed E-state index contributed by atoms with van der Waals surface area (Å²) in [5, 5.41) is 0.